The lowest BCUT2D eigenvalue weighted by molar-refractivity contribution is 0.424. The second-order valence-corrected chi connectivity index (χ2v) is 5.07. The van der Waals surface area contributed by atoms with E-state index >= 15 is 0 Å². The highest BCUT2D eigenvalue weighted by molar-refractivity contribution is 9.10. The Morgan fingerprint density at radius 2 is 2.05 bits per heavy atom. The van der Waals surface area contributed by atoms with E-state index in [1.54, 1.807) is 13.0 Å². The number of hydrogen-bond acceptors (Lipinski definition) is 2. The largest absolute Gasteiger partial charge is 0.466 e. The van der Waals surface area contributed by atoms with Crippen molar-refractivity contribution in [1.82, 2.24) is 5.32 Å². The number of furan rings is 1. The van der Waals surface area contributed by atoms with Crippen molar-refractivity contribution in [3.8, 4) is 0 Å². The SMILES string of the molecule is CCNC(c1occc1Br)c1c(F)ccc(C)c1F. The highest BCUT2D eigenvalue weighted by Crippen LogP contribution is 2.33. The van der Waals surface area contributed by atoms with Crippen LogP contribution in [-0.2, 0) is 0 Å². The van der Waals surface area contributed by atoms with Gasteiger partial charge in [-0.05, 0) is 47.1 Å². The van der Waals surface area contributed by atoms with Gasteiger partial charge in [-0.15, -0.1) is 0 Å². The molecule has 0 aliphatic rings. The van der Waals surface area contributed by atoms with Crippen LogP contribution in [0, 0.1) is 18.6 Å². The molecule has 1 unspecified atom stereocenters. The van der Waals surface area contributed by atoms with Crippen molar-refractivity contribution in [1.29, 1.82) is 0 Å². The molecule has 2 aromatic rings. The van der Waals surface area contributed by atoms with E-state index in [0.29, 0.717) is 22.3 Å². The molecule has 0 radical (unpaired) electrons. The number of hydrogen-bond donors (Lipinski definition) is 1. The van der Waals surface area contributed by atoms with Crippen LogP contribution in [0.25, 0.3) is 0 Å². The molecule has 0 spiro atoms. The normalized spacial score (nSPS) is 12.7. The van der Waals surface area contributed by atoms with Crippen molar-refractivity contribution < 1.29 is 13.2 Å². The fourth-order valence-corrected chi connectivity index (χ4v) is 2.41. The molecule has 2 rings (SSSR count). The van der Waals surface area contributed by atoms with E-state index in [2.05, 4.69) is 21.2 Å². The Morgan fingerprint density at radius 3 is 2.63 bits per heavy atom. The first-order valence-corrected chi connectivity index (χ1v) is 6.76. The van der Waals surface area contributed by atoms with Gasteiger partial charge in [-0.1, -0.05) is 13.0 Å². The summed E-state index contributed by atoms with van der Waals surface area (Å²) in [5, 5.41) is 3.05. The molecule has 0 aliphatic carbocycles. The van der Waals surface area contributed by atoms with Gasteiger partial charge >= 0.3 is 0 Å². The number of rotatable bonds is 4. The maximum Gasteiger partial charge on any atom is 0.139 e. The number of benzene rings is 1. The maximum atomic E-state index is 14.2. The van der Waals surface area contributed by atoms with Crippen LogP contribution in [0.1, 0.15) is 29.9 Å². The van der Waals surface area contributed by atoms with Crippen LogP contribution in [0.2, 0.25) is 0 Å². The number of halogens is 3. The summed E-state index contributed by atoms with van der Waals surface area (Å²) < 4.78 is 34.2. The van der Waals surface area contributed by atoms with Gasteiger partial charge in [-0.25, -0.2) is 8.78 Å². The van der Waals surface area contributed by atoms with E-state index in [-0.39, 0.29) is 5.56 Å². The maximum absolute atomic E-state index is 14.2. The Hall–Kier alpha value is -1.20. The molecule has 0 fully saturated rings. The summed E-state index contributed by atoms with van der Waals surface area (Å²) in [6.07, 6.45) is 1.48. The summed E-state index contributed by atoms with van der Waals surface area (Å²) in [5.74, 6) is -0.670. The van der Waals surface area contributed by atoms with Gasteiger partial charge in [0.1, 0.15) is 17.4 Å². The van der Waals surface area contributed by atoms with E-state index in [4.69, 9.17) is 4.42 Å². The summed E-state index contributed by atoms with van der Waals surface area (Å²) in [4.78, 5) is 0. The first kappa shape index (κ1) is 14.2. The zero-order chi connectivity index (χ0) is 14.0. The monoisotopic (exact) mass is 329 g/mol. The second kappa shape index (κ2) is 5.84. The van der Waals surface area contributed by atoms with Crippen LogP contribution in [0.3, 0.4) is 0 Å². The molecule has 19 heavy (non-hydrogen) atoms. The zero-order valence-corrected chi connectivity index (χ0v) is 12.2. The van der Waals surface area contributed by atoms with Crippen LogP contribution in [-0.4, -0.2) is 6.54 Å². The molecule has 0 bridgehead atoms. The number of aryl methyl sites for hydroxylation is 1. The molecular formula is C14H14BrF2NO. The zero-order valence-electron chi connectivity index (χ0n) is 10.6. The predicted octanol–water partition coefficient (Wildman–Crippen LogP) is 4.33. The average molecular weight is 330 g/mol. The number of nitrogens with one attached hydrogen (secondary N) is 1. The fraction of sp³-hybridized carbons (Fsp3) is 0.286. The quantitative estimate of drug-likeness (QED) is 0.903. The topological polar surface area (TPSA) is 25.2 Å². The molecule has 0 aliphatic heterocycles. The van der Waals surface area contributed by atoms with E-state index in [0.717, 1.165) is 0 Å². The van der Waals surface area contributed by atoms with Crippen LogP contribution in [0.15, 0.2) is 33.4 Å². The lowest BCUT2D eigenvalue weighted by Crippen LogP contribution is -2.24. The van der Waals surface area contributed by atoms with Gasteiger partial charge in [-0.3, -0.25) is 0 Å². The van der Waals surface area contributed by atoms with E-state index in [9.17, 15) is 8.78 Å². The Bertz CT molecular complexity index is 583. The summed E-state index contributed by atoms with van der Waals surface area (Å²) in [7, 11) is 0. The molecule has 1 aromatic carbocycles. The molecule has 0 amide bonds. The molecular weight excluding hydrogens is 316 g/mol. The van der Waals surface area contributed by atoms with Crippen molar-refractivity contribution in [2.75, 3.05) is 6.54 Å². The minimum Gasteiger partial charge on any atom is -0.466 e. The fourth-order valence-electron chi connectivity index (χ4n) is 1.98. The van der Waals surface area contributed by atoms with Crippen molar-refractivity contribution >= 4 is 15.9 Å². The standard InChI is InChI=1S/C14H14BrF2NO/c1-3-18-13(14-9(15)6-7-19-14)11-10(16)5-4-8(2)12(11)17/h4-7,13,18H,3H2,1-2H3. The third-order valence-electron chi connectivity index (χ3n) is 2.92. The van der Waals surface area contributed by atoms with Crippen molar-refractivity contribution in [3.05, 3.63) is 57.5 Å². The minimum atomic E-state index is -0.658. The molecule has 2 nitrogen and oxygen atoms in total. The van der Waals surface area contributed by atoms with Gasteiger partial charge in [0.2, 0.25) is 0 Å². The van der Waals surface area contributed by atoms with Gasteiger partial charge in [0.25, 0.3) is 0 Å². The molecule has 1 N–H and O–H groups in total. The van der Waals surface area contributed by atoms with Crippen LogP contribution in [0.4, 0.5) is 8.78 Å². The van der Waals surface area contributed by atoms with Gasteiger partial charge < -0.3 is 9.73 Å². The van der Waals surface area contributed by atoms with Gasteiger partial charge in [0, 0.05) is 5.56 Å². The molecule has 1 atom stereocenters. The van der Waals surface area contributed by atoms with Crippen molar-refractivity contribution in [2.45, 2.75) is 19.9 Å². The lowest BCUT2D eigenvalue weighted by Gasteiger charge is -2.19. The molecule has 1 aromatic heterocycles. The Kier molecular flexibility index (Phi) is 4.37. The Morgan fingerprint density at radius 1 is 1.32 bits per heavy atom. The van der Waals surface area contributed by atoms with Crippen LogP contribution in [0.5, 0.6) is 0 Å². The van der Waals surface area contributed by atoms with Gasteiger partial charge in [0.15, 0.2) is 0 Å². The molecule has 1 heterocycles. The summed E-state index contributed by atoms with van der Waals surface area (Å²) in [5.41, 5.74) is 0.388. The highest BCUT2D eigenvalue weighted by atomic mass is 79.9. The van der Waals surface area contributed by atoms with Gasteiger partial charge in [-0.2, -0.15) is 0 Å². The average Bonchev–Trinajstić information content (AvgIpc) is 2.79. The summed E-state index contributed by atoms with van der Waals surface area (Å²) >= 11 is 3.32. The third kappa shape index (κ3) is 2.72. The van der Waals surface area contributed by atoms with E-state index in [1.807, 2.05) is 6.92 Å². The Balaban J connectivity index is 2.57. The first-order chi connectivity index (χ1) is 9.06. The molecule has 0 saturated heterocycles. The van der Waals surface area contributed by atoms with Crippen molar-refractivity contribution in [2.24, 2.45) is 0 Å². The molecule has 102 valence electrons. The molecule has 5 heteroatoms. The smallest absolute Gasteiger partial charge is 0.139 e. The highest BCUT2D eigenvalue weighted by Gasteiger charge is 2.26. The van der Waals surface area contributed by atoms with Crippen molar-refractivity contribution in [3.63, 3.8) is 0 Å². The first-order valence-electron chi connectivity index (χ1n) is 5.97. The summed E-state index contributed by atoms with van der Waals surface area (Å²) in [6.45, 7) is 4.04. The Labute approximate surface area is 118 Å². The lowest BCUT2D eigenvalue weighted by atomic mass is 10.0. The van der Waals surface area contributed by atoms with E-state index < -0.39 is 17.7 Å². The van der Waals surface area contributed by atoms with Crippen LogP contribution >= 0.6 is 15.9 Å². The minimum absolute atomic E-state index is 0.0162. The molecule has 0 saturated carbocycles. The van der Waals surface area contributed by atoms with Gasteiger partial charge in [0.05, 0.1) is 16.8 Å². The predicted molar refractivity (Wildman–Crippen MR) is 73.0 cm³/mol. The second-order valence-electron chi connectivity index (χ2n) is 4.22. The van der Waals surface area contributed by atoms with Crippen LogP contribution < -0.4 is 5.32 Å². The summed E-state index contributed by atoms with van der Waals surface area (Å²) in [6, 6.07) is 3.74. The third-order valence-corrected chi connectivity index (χ3v) is 3.58. The van der Waals surface area contributed by atoms with E-state index in [1.165, 1.54) is 18.4 Å².